The quantitative estimate of drug-likeness (QED) is 0.802. The van der Waals surface area contributed by atoms with Crippen LogP contribution >= 0.6 is 11.6 Å². The van der Waals surface area contributed by atoms with Gasteiger partial charge in [-0.1, -0.05) is 23.7 Å². The van der Waals surface area contributed by atoms with Crippen LogP contribution in [-0.2, 0) is 20.6 Å². The summed E-state index contributed by atoms with van der Waals surface area (Å²) in [4.78, 5) is 14.8. The Morgan fingerprint density at radius 1 is 1.07 bits per heavy atom. The third kappa shape index (κ3) is 5.67. The fraction of sp³-hybridized carbons (Fsp3) is 0.632. The van der Waals surface area contributed by atoms with Crippen LogP contribution in [0, 0.1) is 5.92 Å². The van der Waals surface area contributed by atoms with Crippen LogP contribution in [0.3, 0.4) is 0 Å². The summed E-state index contributed by atoms with van der Waals surface area (Å²) < 4.78 is 26.8. The first-order chi connectivity index (χ1) is 12.8. The summed E-state index contributed by atoms with van der Waals surface area (Å²) >= 11 is 5.85. The van der Waals surface area contributed by atoms with E-state index in [1.165, 1.54) is 4.31 Å². The molecule has 2 saturated heterocycles. The van der Waals surface area contributed by atoms with Gasteiger partial charge in [0.25, 0.3) is 0 Å². The molecule has 0 saturated carbocycles. The zero-order chi connectivity index (χ0) is 19.4. The zero-order valence-corrected chi connectivity index (χ0v) is 17.3. The molecule has 1 amide bonds. The number of nitrogens with zero attached hydrogens (tertiary/aromatic N) is 2. The minimum Gasteiger partial charge on any atom is -0.353 e. The lowest BCUT2D eigenvalue weighted by Crippen LogP contribution is -2.48. The zero-order valence-electron chi connectivity index (χ0n) is 15.7. The molecule has 2 heterocycles. The van der Waals surface area contributed by atoms with Gasteiger partial charge < -0.3 is 10.2 Å². The van der Waals surface area contributed by atoms with Crippen molar-refractivity contribution in [3.63, 3.8) is 0 Å². The molecule has 0 aliphatic carbocycles. The molecule has 0 spiro atoms. The second kappa shape index (κ2) is 8.90. The molecular formula is C19H28ClN3O3S. The van der Waals surface area contributed by atoms with Crippen LogP contribution in [0.4, 0.5) is 0 Å². The van der Waals surface area contributed by atoms with E-state index in [1.54, 1.807) is 24.3 Å². The molecular weight excluding hydrogens is 386 g/mol. The summed E-state index contributed by atoms with van der Waals surface area (Å²) in [7, 11) is -1.28. The maximum atomic E-state index is 12.7. The smallest absolute Gasteiger partial charge is 0.223 e. The number of benzene rings is 1. The number of rotatable bonds is 5. The Hall–Kier alpha value is -1.15. The van der Waals surface area contributed by atoms with Crippen LogP contribution in [0.2, 0.25) is 5.02 Å². The molecule has 8 heteroatoms. The van der Waals surface area contributed by atoms with E-state index in [1.807, 2.05) is 0 Å². The lowest BCUT2D eigenvalue weighted by Gasteiger charge is -2.33. The number of carbonyl (C=O) groups excluding carboxylic acids is 1. The van der Waals surface area contributed by atoms with E-state index in [0.717, 1.165) is 31.5 Å². The number of hydrogen-bond donors (Lipinski definition) is 1. The van der Waals surface area contributed by atoms with Crippen molar-refractivity contribution in [3.8, 4) is 0 Å². The highest BCUT2D eigenvalue weighted by Gasteiger charge is 2.32. The molecule has 150 valence electrons. The molecule has 2 aliphatic rings. The van der Waals surface area contributed by atoms with E-state index in [4.69, 9.17) is 11.6 Å². The van der Waals surface area contributed by atoms with Gasteiger partial charge in [0.05, 0.1) is 5.75 Å². The normalized spacial score (nSPS) is 21.3. The summed E-state index contributed by atoms with van der Waals surface area (Å²) in [5, 5.41) is 3.75. The van der Waals surface area contributed by atoms with Crippen LogP contribution in [0.5, 0.6) is 0 Å². The Morgan fingerprint density at radius 2 is 1.67 bits per heavy atom. The number of halogens is 1. The highest BCUT2D eigenvalue weighted by molar-refractivity contribution is 7.88. The highest BCUT2D eigenvalue weighted by Crippen LogP contribution is 2.23. The van der Waals surface area contributed by atoms with Gasteiger partial charge in [0.2, 0.25) is 15.9 Å². The molecule has 1 aromatic rings. The lowest BCUT2D eigenvalue weighted by atomic mass is 9.96. The first-order valence-corrected chi connectivity index (χ1v) is 11.5. The molecule has 27 heavy (non-hydrogen) atoms. The predicted molar refractivity (Wildman–Crippen MR) is 107 cm³/mol. The van der Waals surface area contributed by atoms with Crippen molar-refractivity contribution in [2.24, 2.45) is 5.92 Å². The van der Waals surface area contributed by atoms with Crippen LogP contribution in [-0.4, -0.2) is 62.8 Å². The summed E-state index contributed by atoms with van der Waals surface area (Å²) in [6.07, 6.45) is 3.13. The van der Waals surface area contributed by atoms with Gasteiger partial charge in [0, 0.05) is 30.1 Å². The van der Waals surface area contributed by atoms with Gasteiger partial charge in [-0.2, -0.15) is 0 Å². The molecule has 0 atom stereocenters. The van der Waals surface area contributed by atoms with Crippen molar-refractivity contribution >= 4 is 27.5 Å². The number of hydrogen-bond acceptors (Lipinski definition) is 4. The van der Waals surface area contributed by atoms with Gasteiger partial charge in [-0.25, -0.2) is 12.7 Å². The molecule has 2 fully saturated rings. The molecule has 6 nitrogen and oxygen atoms in total. The summed E-state index contributed by atoms with van der Waals surface area (Å²) in [5.41, 5.74) is 0.724. The summed E-state index contributed by atoms with van der Waals surface area (Å²) in [5.74, 6) is -0.0395. The number of amides is 1. The Morgan fingerprint density at radius 3 is 2.26 bits per heavy atom. The van der Waals surface area contributed by atoms with Crippen molar-refractivity contribution in [2.45, 2.75) is 37.5 Å². The Labute approximate surface area is 166 Å². The number of sulfonamides is 1. The molecule has 1 aromatic carbocycles. The van der Waals surface area contributed by atoms with Crippen molar-refractivity contribution < 1.29 is 13.2 Å². The fourth-order valence-electron chi connectivity index (χ4n) is 3.75. The van der Waals surface area contributed by atoms with Crippen LogP contribution < -0.4 is 5.32 Å². The maximum absolute atomic E-state index is 12.7. The van der Waals surface area contributed by atoms with E-state index in [-0.39, 0.29) is 23.6 Å². The average molecular weight is 414 g/mol. The van der Waals surface area contributed by atoms with Crippen LogP contribution in [0.25, 0.3) is 0 Å². The first-order valence-electron chi connectivity index (χ1n) is 9.55. The number of carbonyl (C=O) groups is 1. The lowest BCUT2D eigenvalue weighted by molar-refractivity contribution is -0.127. The van der Waals surface area contributed by atoms with Gasteiger partial charge in [-0.3, -0.25) is 4.79 Å². The van der Waals surface area contributed by atoms with Gasteiger partial charge in [-0.05, 0) is 63.5 Å². The molecule has 3 rings (SSSR count). The Bertz CT molecular complexity index is 738. The van der Waals surface area contributed by atoms with Crippen molar-refractivity contribution in [2.75, 3.05) is 33.2 Å². The molecule has 0 radical (unpaired) electrons. The van der Waals surface area contributed by atoms with Crippen molar-refractivity contribution in [1.82, 2.24) is 14.5 Å². The minimum absolute atomic E-state index is 0.0311. The first kappa shape index (κ1) is 20.6. The standard InChI is InChI=1S/C19H28ClN3O3S/c1-22-10-8-18(9-11-22)21-19(24)16-6-12-23(13-7-16)27(25,26)14-15-2-4-17(20)5-3-15/h2-5,16,18H,6-14H2,1H3,(H,21,24). The van der Waals surface area contributed by atoms with E-state index in [2.05, 4.69) is 17.3 Å². The maximum Gasteiger partial charge on any atom is 0.223 e. The number of likely N-dealkylation sites (tertiary alicyclic amines) is 1. The minimum atomic E-state index is -3.38. The van der Waals surface area contributed by atoms with E-state index < -0.39 is 10.0 Å². The topological polar surface area (TPSA) is 69.7 Å². The third-order valence-electron chi connectivity index (χ3n) is 5.55. The van der Waals surface area contributed by atoms with Gasteiger partial charge in [0.1, 0.15) is 0 Å². The monoisotopic (exact) mass is 413 g/mol. The largest absolute Gasteiger partial charge is 0.353 e. The Kier molecular flexibility index (Phi) is 6.78. The van der Waals surface area contributed by atoms with E-state index in [9.17, 15) is 13.2 Å². The van der Waals surface area contributed by atoms with Gasteiger partial charge in [-0.15, -0.1) is 0 Å². The van der Waals surface area contributed by atoms with Crippen molar-refractivity contribution in [1.29, 1.82) is 0 Å². The Balaban J connectivity index is 1.48. The molecule has 1 N–H and O–H groups in total. The summed E-state index contributed by atoms with van der Waals surface area (Å²) in [6.45, 7) is 2.82. The number of piperidine rings is 2. The van der Waals surface area contributed by atoms with Crippen LogP contribution in [0.15, 0.2) is 24.3 Å². The second-order valence-corrected chi connectivity index (χ2v) is 10.0. The van der Waals surface area contributed by atoms with Gasteiger partial charge in [0.15, 0.2) is 0 Å². The molecule has 0 aromatic heterocycles. The van der Waals surface area contributed by atoms with Gasteiger partial charge >= 0.3 is 0 Å². The molecule has 0 bridgehead atoms. The summed E-state index contributed by atoms with van der Waals surface area (Å²) in [6, 6.07) is 7.13. The predicted octanol–water partition coefficient (Wildman–Crippen LogP) is 2.09. The highest BCUT2D eigenvalue weighted by atomic mass is 35.5. The third-order valence-corrected chi connectivity index (χ3v) is 7.65. The van der Waals surface area contributed by atoms with Crippen LogP contribution in [0.1, 0.15) is 31.2 Å². The second-order valence-electron chi connectivity index (χ2n) is 7.64. The molecule has 0 unspecified atom stereocenters. The van der Waals surface area contributed by atoms with E-state index in [0.29, 0.717) is 31.0 Å². The SMILES string of the molecule is CN1CCC(NC(=O)C2CCN(S(=O)(=O)Cc3ccc(Cl)cc3)CC2)CC1. The average Bonchev–Trinajstić information content (AvgIpc) is 2.65. The van der Waals surface area contributed by atoms with Crippen molar-refractivity contribution in [3.05, 3.63) is 34.9 Å². The fourth-order valence-corrected chi connectivity index (χ4v) is 5.44. The van der Waals surface area contributed by atoms with E-state index >= 15 is 0 Å². The molecule has 2 aliphatic heterocycles. The number of nitrogens with one attached hydrogen (secondary N) is 1.